The molecule has 2 aliphatic heterocycles. The maximum atomic E-state index is 6.36. The largest absolute Gasteiger partial charge is 0.368 e. The third kappa shape index (κ3) is 2.79. The van der Waals surface area contributed by atoms with Crippen molar-refractivity contribution in [2.75, 3.05) is 20.1 Å². The molecule has 2 aliphatic rings. The van der Waals surface area contributed by atoms with E-state index in [4.69, 9.17) is 4.74 Å². The first-order valence-electron chi connectivity index (χ1n) is 7.98. The minimum atomic E-state index is -0.105. The number of rotatable bonds is 3. The van der Waals surface area contributed by atoms with Crippen molar-refractivity contribution in [2.24, 2.45) is 5.92 Å². The lowest BCUT2D eigenvalue weighted by Gasteiger charge is -2.36. The SMILES string of the molecule is CNC1C(CN2CCc3sccc3C2)C(C)(C)OC1(C)C. The minimum Gasteiger partial charge on any atom is -0.368 e. The van der Waals surface area contributed by atoms with E-state index in [9.17, 15) is 0 Å². The smallest absolute Gasteiger partial charge is 0.0790 e. The second kappa shape index (κ2) is 5.34. The highest BCUT2D eigenvalue weighted by atomic mass is 32.1. The van der Waals surface area contributed by atoms with Gasteiger partial charge in [-0.25, -0.2) is 0 Å². The van der Waals surface area contributed by atoms with Crippen LogP contribution >= 0.6 is 11.3 Å². The molecule has 0 amide bonds. The van der Waals surface area contributed by atoms with Gasteiger partial charge in [0.2, 0.25) is 0 Å². The Balaban J connectivity index is 1.75. The topological polar surface area (TPSA) is 24.5 Å². The summed E-state index contributed by atoms with van der Waals surface area (Å²) in [6.07, 6.45) is 1.20. The van der Waals surface area contributed by atoms with Crippen LogP contribution in [-0.2, 0) is 17.7 Å². The molecule has 0 saturated carbocycles. The molecular weight excluding hydrogens is 280 g/mol. The maximum Gasteiger partial charge on any atom is 0.0790 e. The van der Waals surface area contributed by atoms with Crippen LogP contribution in [0.15, 0.2) is 11.4 Å². The van der Waals surface area contributed by atoms with Gasteiger partial charge in [-0.1, -0.05) is 0 Å². The molecule has 1 aromatic heterocycles. The van der Waals surface area contributed by atoms with Crippen molar-refractivity contribution >= 4 is 11.3 Å². The normalized spacial score (nSPS) is 31.3. The second-order valence-electron chi connectivity index (χ2n) is 7.54. The Morgan fingerprint density at radius 2 is 2.10 bits per heavy atom. The number of ether oxygens (including phenoxy) is 1. The van der Waals surface area contributed by atoms with Crippen LogP contribution < -0.4 is 5.32 Å². The molecule has 2 unspecified atom stereocenters. The van der Waals surface area contributed by atoms with Crippen LogP contribution in [0.4, 0.5) is 0 Å². The summed E-state index contributed by atoms with van der Waals surface area (Å²) in [7, 11) is 2.07. The van der Waals surface area contributed by atoms with Gasteiger partial charge >= 0.3 is 0 Å². The lowest BCUT2D eigenvalue weighted by atomic mass is 9.82. The predicted octanol–water partition coefficient (Wildman–Crippen LogP) is 2.90. The Hall–Kier alpha value is -0.420. The van der Waals surface area contributed by atoms with Crippen molar-refractivity contribution < 1.29 is 4.74 Å². The van der Waals surface area contributed by atoms with E-state index in [0.29, 0.717) is 12.0 Å². The van der Waals surface area contributed by atoms with E-state index in [2.05, 4.69) is 56.4 Å². The number of nitrogens with zero attached hydrogens (tertiary/aromatic N) is 1. The molecule has 21 heavy (non-hydrogen) atoms. The van der Waals surface area contributed by atoms with Crippen molar-refractivity contribution in [3.05, 3.63) is 21.9 Å². The van der Waals surface area contributed by atoms with Gasteiger partial charge < -0.3 is 10.1 Å². The quantitative estimate of drug-likeness (QED) is 0.929. The van der Waals surface area contributed by atoms with Crippen LogP contribution in [-0.4, -0.2) is 42.3 Å². The highest BCUT2D eigenvalue weighted by Crippen LogP contribution is 2.43. The lowest BCUT2D eigenvalue weighted by Crippen LogP contribution is -2.50. The van der Waals surface area contributed by atoms with Gasteiger partial charge in [-0.05, 0) is 58.2 Å². The van der Waals surface area contributed by atoms with Crippen LogP contribution in [0.5, 0.6) is 0 Å². The molecule has 3 nitrogen and oxygen atoms in total. The first-order chi connectivity index (χ1) is 9.83. The summed E-state index contributed by atoms with van der Waals surface area (Å²) in [5.41, 5.74) is 1.35. The molecule has 0 bridgehead atoms. The van der Waals surface area contributed by atoms with E-state index in [-0.39, 0.29) is 11.2 Å². The molecule has 2 atom stereocenters. The molecule has 1 fully saturated rings. The Morgan fingerprint density at radius 3 is 2.81 bits per heavy atom. The highest BCUT2D eigenvalue weighted by Gasteiger charge is 2.53. The fourth-order valence-electron chi connectivity index (χ4n) is 4.32. The average molecular weight is 308 g/mol. The van der Waals surface area contributed by atoms with Gasteiger partial charge in [0.05, 0.1) is 11.2 Å². The van der Waals surface area contributed by atoms with Gasteiger partial charge in [0.1, 0.15) is 0 Å². The molecule has 1 N–H and O–H groups in total. The van der Waals surface area contributed by atoms with E-state index in [0.717, 1.165) is 13.1 Å². The molecule has 0 aliphatic carbocycles. The van der Waals surface area contributed by atoms with Crippen molar-refractivity contribution in [3.63, 3.8) is 0 Å². The maximum absolute atomic E-state index is 6.36. The summed E-state index contributed by atoms with van der Waals surface area (Å²) in [5.74, 6) is 0.512. The molecule has 1 aromatic rings. The van der Waals surface area contributed by atoms with Gasteiger partial charge in [0.25, 0.3) is 0 Å². The number of hydrogen-bond acceptors (Lipinski definition) is 4. The summed E-state index contributed by atoms with van der Waals surface area (Å²) < 4.78 is 6.36. The summed E-state index contributed by atoms with van der Waals surface area (Å²) >= 11 is 1.91. The monoisotopic (exact) mass is 308 g/mol. The fourth-order valence-corrected chi connectivity index (χ4v) is 5.21. The minimum absolute atomic E-state index is 0.0773. The lowest BCUT2D eigenvalue weighted by molar-refractivity contribution is -0.0796. The van der Waals surface area contributed by atoms with Gasteiger partial charge in [0.15, 0.2) is 0 Å². The van der Waals surface area contributed by atoms with E-state index in [1.54, 1.807) is 4.88 Å². The van der Waals surface area contributed by atoms with Crippen molar-refractivity contribution in [3.8, 4) is 0 Å². The van der Waals surface area contributed by atoms with Crippen LogP contribution in [0.1, 0.15) is 38.1 Å². The van der Waals surface area contributed by atoms with Crippen molar-refractivity contribution in [1.29, 1.82) is 0 Å². The Morgan fingerprint density at radius 1 is 1.33 bits per heavy atom. The van der Waals surface area contributed by atoms with Crippen LogP contribution in [0.2, 0.25) is 0 Å². The van der Waals surface area contributed by atoms with E-state index < -0.39 is 0 Å². The first kappa shape index (κ1) is 15.5. The number of hydrogen-bond donors (Lipinski definition) is 1. The molecule has 3 rings (SSSR count). The third-order valence-corrected chi connectivity index (χ3v) is 6.25. The second-order valence-corrected chi connectivity index (χ2v) is 8.54. The zero-order chi connectivity index (χ0) is 15.3. The first-order valence-corrected chi connectivity index (χ1v) is 8.86. The molecule has 4 heteroatoms. The van der Waals surface area contributed by atoms with Crippen molar-refractivity contribution in [2.45, 2.75) is 57.9 Å². The summed E-state index contributed by atoms with van der Waals surface area (Å²) in [5, 5.41) is 5.75. The van der Waals surface area contributed by atoms with Crippen LogP contribution in [0, 0.1) is 5.92 Å². The Labute approximate surface area is 132 Å². The number of likely N-dealkylation sites (N-methyl/N-ethyl adjacent to an activating group) is 1. The molecule has 118 valence electrons. The molecular formula is C17H28N2OS. The van der Waals surface area contributed by atoms with Crippen LogP contribution in [0.25, 0.3) is 0 Å². The standard InChI is InChI=1S/C17H28N2OS/c1-16(2)13(15(18-5)17(3,4)20-16)11-19-8-6-14-12(10-19)7-9-21-14/h7,9,13,15,18H,6,8,10-11H2,1-5H3. The molecule has 0 radical (unpaired) electrons. The Kier molecular flexibility index (Phi) is 3.93. The van der Waals surface area contributed by atoms with E-state index in [1.807, 2.05) is 11.3 Å². The molecule has 0 spiro atoms. The summed E-state index contributed by atoms with van der Waals surface area (Å²) in [6, 6.07) is 2.69. The highest BCUT2D eigenvalue weighted by molar-refractivity contribution is 7.10. The van der Waals surface area contributed by atoms with Crippen molar-refractivity contribution in [1.82, 2.24) is 10.2 Å². The number of nitrogens with one attached hydrogen (secondary N) is 1. The van der Waals surface area contributed by atoms with E-state index >= 15 is 0 Å². The predicted molar refractivity (Wildman–Crippen MR) is 88.9 cm³/mol. The number of fused-ring (bicyclic) bond motifs is 1. The summed E-state index contributed by atoms with van der Waals surface area (Å²) in [4.78, 5) is 4.19. The molecule has 1 saturated heterocycles. The number of thiophene rings is 1. The third-order valence-electron chi connectivity index (χ3n) is 5.22. The zero-order valence-electron chi connectivity index (χ0n) is 13.9. The van der Waals surface area contributed by atoms with Gasteiger partial charge in [-0.2, -0.15) is 0 Å². The molecule has 0 aromatic carbocycles. The average Bonchev–Trinajstić information content (AvgIpc) is 2.89. The fraction of sp³-hybridized carbons (Fsp3) is 0.765. The summed E-state index contributed by atoms with van der Waals surface area (Å²) in [6.45, 7) is 12.3. The van der Waals surface area contributed by atoms with Gasteiger partial charge in [-0.15, -0.1) is 11.3 Å². The molecule has 3 heterocycles. The van der Waals surface area contributed by atoms with E-state index in [1.165, 1.54) is 18.5 Å². The van der Waals surface area contributed by atoms with Gasteiger partial charge in [0, 0.05) is 36.5 Å². The zero-order valence-corrected chi connectivity index (χ0v) is 14.7. The van der Waals surface area contributed by atoms with Gasteiger partial charge in [-0.3, -0.25) is 4.90 Å². The Bertz CT molecular complexity index is 509. The van der Waals surface area contributed by atoms with Crippen LogP contribution in [0.3, 0.4) is 0 Å².